The van der Waals surface area contributed by atoms with Crippen LogP contribution in [-0.4, -0.2) is 24.2 Å². The number of hydrogen-bond acceptors (Lipinski definition) is 3. The highest BCUT2D eigenvalue weighted by Gasteiger charge is 2.11. The van der Waals surface area contributed by atoms with E-state index in [9.17, 15) is 4.79 Å². The van der Waals surface area contributed by atoms with Crippen LogP contribution in [0.15, 0.2) is 0 Å². The summed E-state index contributed by atoms with van der Waals surface area (Å²) in [5.41, 5.74) is 5.17. The predicted molar refractivity (Wildman–Crippen MR) is 54.4 cm³/mol. The lowest BCUT2D eigenvalue weighted by Crippen LogP contribution is -2.41. The van der Waals surface area contributed by atoms with Crippen molar-refractivity contribution in [1.29, 1.82) is 0 Å². The van der Waals surface area contributed by atoms with E-state index in [1.54, 1.807) is 0 Å². The van der Waals surface area contributed by atoms with E-state index in [-0.39, 0.29) is 11.9 Å². The molecule has 3 nitrogen and oxygen atoms in total. The fourth-order valence-corrected chi connectivity index (χ4v) is 1.19. The van der Waals surface area contributed by atoms with E-state index >= 15 is 0 Å². The number of hydrogen-bond donors (Lipinski definition) is 3. The Hall–Kier alpha value is -0.220. The molecule has 12 heavy (non-hydrogen) atoms. The number of amides is 1. The van der Waals surface area contributed by atoms with Gasteiger partial charge in [-0.2, -0.15) is 12.6 Å². The van der Waals surface area contributed by atoms with Crippen LogP contribution >= 0.6 is 12.6 Å². The van der Waals surface area contributed by atoms with E-state index < -0.39 is 0 Å². The molecule has 0 heterocycles. The molecule has 0 saturated heterocycles. The molecule has 0 saturated carbocycles. The zero-order valence-corrected chi connectivity index (χ0v) is 8.44. The zero-order chi connectivity index (χ0) is 9.40. The van der Waals surface area contributed by atoms with Crippen molar-refractivity contribution in [2.24, 2.45) is 5.73 Å². The first kappa shape index (κ1) is 11.8. The summed E-state index contributed by atoms with van der Waals surface area (Å²) in [6, 6.07) is -0.200. The highest BCUT2D eigenvalue weighted by Crippen LogP contribution is 1.94. The van der Waals surface area contributed by atoms with Crippen LogP contribution in [0.1, 0.15) is 26.2 Å². The molecule has 0 rings (SSSR count). The van der Waals surface area contributed by atoms with Gasteiger partial charge in [-0.25, -0.2) is 0 Å². The zero-order valence-electron chi connectivity index (χ0n) is 7.55. The molecule has 72 valence electrons. The lowest BCUT2D eigenvalue weighted by Gasteiger charge is -2.13. The molecule has 1 unspecified atom stereocenters. The monoisotopic (exact) mass is 190 g/mol. The minimum Gasteiger partial charge on any atom is -0.368 e. The third-order valence-electron chi connectivity index (χ3n) is 1.68. The number of carbonyl (C=O) groups is 1. The number of rotatable bonds is 7. The summed E-state index contributed by atoms with van der Waals surface area (Å²) >= 11 is 4.05. The lowest BCUT2D eigenvalue weighted by atomic mass is 10.2. The van der Waals surface area contributed by atoms with Gasteiger partial charge in [-0.3, -0.25) is 4.79 Å². The number of unbranched alkanes of at least 4 members (excludes halogenated alkanes) is 1. The average molecular weight is 190 g/mol. The quantitative estimate of drug-likeness (QED) is 0.405. The summed E-state index contributed by atoms with van der Waals surface area (Å²) in [5.74, 6) is 0.410. The van der Waals surface area contributed by atoms with Gasteiger partial charge < -0.3 is 11.1 Å². The molecule has 0 aliphatic rings. The Morgan fingerprint density at radius 2 is 2.33 bits per heavy atom. The topological polar surface area (TPSA) is 55.1 Å². The van der Waals surface area contributed by atoms with Gasteiger partial charge in [0.05, 0.1) is 6.04 Å². The van der Waals surface area contributed by atoms with Gasteiger partial charge in [0.15, 0.2) is 0 Å². The molecule has 0 bridgehead atoms. The van der Waals surface area contributed by atoms with Crippen molar-refractivity contribution < 1.29 is 4.79 Å². The molecule has 1 amide bonds. The molecule has 0 aliphatic carbocycles. The highest BCUT2D eigenvalue weighted by molar-refractivity contribution is 7.80. The average Bonchev–Trinajstić information content (AvgIpc) is 2.03. The summed E-state index contributed by atoms with van der Waals surface area (Å²) in [7, 11) is 0. The first-order chi connectivity index (χ1) is 5.72. The molecule has 0 aromatic rings. The maximum absolute atomic E-state index is 10.8. The van der Waals surface area contributed by atoms with Gasteiger partial charge in [0.2, 0.25) is 5.91 Å². The number of thiol groups is 1. The first-order valence-corrected chi connectivity index (χ1v) is 4.99. The van der Waals surface area contributed by atoms with Crippen LogP contribution in [0.4, 0.5) is 0 Å². The van der Waals surface area contributed by atoms with Gasteiger partial charge in [-0.15, -0.1) is 0 Å². The molecule has 0 radical (unpaired) electrons. The maximum atomic E-state index is 10.8. The largest absolute Gasteiger partial charge is 0.368 e. The van der Waals surface area contributed by atoms with Crippen molar-refractivity contribution in [2.75, 3.05) is 12.3 Å². The van der Waals surface area contributed by atoms with Crippen LogP contribution in [-0.2, 0) is 4.79 Å². The summed E-state index contributed by atoms with van der Waals surface area (Å²) in [5, 5.41) is 3.10. The van der Waals surface area contributed by atoms with Crippen molar-refractivity contribution in [2.45, 2.75) is 32.2 Å². The van der Waals surface area contributed by atoms with E-state index in [0.29, 0.717) is 12.2 Å². The van der Waals surface area contributed by atoms with Gasteiger partial charge in [-0.05, 0) is 25.1 Å². The van der Waals surface area contributed by atoms with Crippen molar-refractivity contribution in [3.05, 3.63) is 0 Å². The van der Waals surface area contributed by atoms with Crippen LogP contribution in [0.25, 0.3) is 0 Å². The minimum absolute atomic E-state index is 0.200. The molecule has 0 fully saturated rings. The van der Waals surface area contributed by atoms with E-state index in [0.717, 1.165) is 19.4 Å². The summed E-state index contributed by atoms with van der Waals surface area (Å²) in [4.78, 5) is 10.8. The Labute approximate surface area is 79.5 Å². The summed E-state index contributed by atoms with van der Waals surface area (Å²) in [6.07, 6.45) is 2.91. The molecule has 1 atom stereocenters. The smallest absolute Gasteiger partial charge is 0.234 e. The van der Waals surface area contributed by atoms with E-state index in [2.05, 4.69) is 24.9 Å². The first-order valence-electron chi connectivity index (χ1n) is 4.36. The molecule has 0 spiro atoms. The fraction of sp³-hybridized carbons (Fsp3) is 0.875. The van der Waals surface area contributed by atoms with Crippen LogP contribution in [0.2, 0.25) is 0 Å². The Morgan fingerprint density at radius 1 is 1.67 bits per heavy atom. The molecular weight excluding hydrogens is 172 g/mol. The Morgan fingerprint density at radius 3 is 2.75 bits per heavy atom. The third kappa shape index (κ3) is 5.43. The third-order valence-corrected chi connectivity index (χ3v) is 1.94. The minimum atomic E-state index is -0.278. The van der Waals surface area contributed by atoms with Gasteiger partial charge in [0, 0.05) is 0 Å². The van der Waals surface area contributed by atoms with E-state index in [1.165, 1.54) is 0 Å². The molecular formula is C8H18N2OS. The molecule has 3 N–H and O–H groups in total. The maximum Gasteiger partial charge on any atom is 0.234 e. The molecule has 0 aromatic heterocycles. The highest BCUT2D eigenvalue weighted by atomic mass is 32.1. The SMILES string of the molecule is CCCCNC(CCS)C(N)=O. The fourth-order valence-electron chi connectivity index (χ4n) is 0.927. The molecule has 0 aromatic carbocycles. The summed E-state index contributed by atoms with van der Waals surface area (Å²) in [6.45, 7) is 2.97. The van der Waals surface area contributed by atoms with Gasteiger partial charge >= 0.3 is 0 Å². The van der Waals surface area contributed by atoms with Crippen molar-refractivity contribution in [3.63, 3.8) is 0 Å². The van der Waals surface area contributed by atoms with Gasteiger partial charge in [0.1, 0.15) is 0 Å². The van der Waals surface area contributed by atoms with Crippen LogP contribution < -0.4 is 11.1 Å². The molecule has 0 aliphatic heterocycles. The van der Waals surface area contributed by atoms with Crippen molar-refractivity contribution in [1.82, 2.24) is 5.32 Å². The van der Waals surface area contributed by atoms with Crippen molar-refractivity contribution >= 4 is 18.5 Å². The molecule has 4 heteroatoms. The van der Waals surface area contributed by atoms with Crippen LogP contribution in [0.5, 0.6) is 0 Å². The second-order valence-corrected chi connectivity index (χ2v) is 3.22. The number of carbonyl (C=O) groups excluding carboxylic acids is 1. The second kappa shape index (κ2) is 7.43. The lowest BCUT2D eigenvalue weighted by molar-refractivity contribution is -0.120. The Bertz CT molecular complexity index is 130. The Balaban J connectivity index is 3.56. The summed E-state index contributed by atoms with van der Waals surface area (Å²) < 4.78 is 0. The number of primary amides is 1. The van der Waals surface area contributed by atoms with E-state index in [4.69, 9.17) is 5.73 Å². The standard InChI is InChI=1S/C8H18N2OS/c1-2-3-5-10-7(4-6-12)8(9)11/h7,10,12H,2-6H2,1H3,(H2,9,11). The van der Waals surface area contributed by atoms with Gasteiger partial charge in [0.25, 0.3) is 0 Å². The number of nitrogens with one attached hydrogen (secondary N) is 1. The second-order valence-electron chi connectivity index (χ2n) is 2.77. The van der Waals surface area contributed by atoms with Crippen molar-refractivity contribution in [3.8, 4) is 0 Å². The van der Waals surface area contributed by atoms with E-state index in [1.807, 2.05) is 0 Å². The van der Waals surface area contributed by atoms with Crippen LogP contribution in [0.3, 0.4) is 0 Å². The predicted octanol–water partition coefficient (Wildman–Crippen LogP) is 0.550. The van der Waals surface area contributed by atoms with Crippen LogP contribution in [0, 0.1) is 0 Å². The normalized spacial score (nSPS) is 12.8. The Kier molecular flexibility index (Phi) is 7.29. The number of nitrogens with two attached hydrogens (primary N) is 1. The van der Waals surface area contributed by atoms with Gasteiger partial charge in [-0.1, -0.05) is 13.3 Å².